The molecule has 3 heterocycles. The number of aromatic nitrogens is 4. The predicted octanol–water partition coefficient (Wildman–Crippen LogP) is 2.75. The number of benzene rings is 1. The van der Waals surface area contributed by atoms with E-state index in [-0.39, 0.29) is 42.5 Å². The summed E-state index contributed by atoms with van der Waals surface area (Å²) in [5.74, 6) is 0.973. The third-order valence-electron chi connectivity index (χ3n) is 8.87. The molecule has 14 heteroatoms. The van der Waals surface area contributed by atoms with Gasteiger partial charge in [0, 0.05) is 51.3 Å². The number of methoxy groups -OCH3 is 2. The van der Waals surface area contributed by atoms with Crippen LogP contribution in [0.25, 0.3) is 0 Å². The van der Waals surface area contributed by atoms with Crippen molar-refractivity contribution in [1.29, 1.82) is 0 Å². The zero-order valence-corrected chi connectivity index (χ0v) is 29.7. The minimum absolute atomic E-state index is 0.0323. The lowest BCUT2D eigenvalue weighted by Crippen LogP contribution is -2.51. The van der Waals surface area contributed by atoms with Gasteiger partial charge < -0.3 is 30.3 Å². The van der Waals surface area contributed by atoms with Gasteiger partial charge in [-0.3, -0.25) is 24.2 Å². The Kier molecular flexibility index (Phi) is 14.1. The molecule has 1 aromatic carbocycles. The maximum atomic E-state index is 13.7. The highest BCUT2D eigenvalue weighted by molar-refractivity contribution is 5.88. The molecule has 3 N–H and O–H groups in total. The fraction of sp³-hybridized carbons (Fsp3) is 0.528. The standard InChI is InChI=1S/C36H50N8O6/c1-6-24(2)34-36(48)39-25(3)35-40-30(21-27-12-14-28(49-4)29(20-27)50-5)42-44(35)23-32(46)38-17-9-19-43(18-8-11-31(45)41-34)33(47)15-13-26-10-7-16-37-22-26/h7,10,12,14,16,20,22,24-25,34H,6,8-9,11,13,15,17-19,21,23H2,1-5H3,(H,38,46)(H,39,48)(H,41,45)/t24-,25+,34-/m0/s1. The highest BCUT2D eigenvalue weighted by Crippen LogP contribution is 2.28. The molecule has 0 bridgehead atoms. The third-order valence-corrected chi connectivity index (χ3v) is 8.87. The van der Waals surface area contributed by atoms with Crippen molar-refractivity contribution in [1.82, 2.24) is 40.6 Å². The van der Waals surface area contributed by atoms with Gasteiger partial charge in [0.15, 0.2) is 17.3 Å². The molecular weight excluding hydrogens is 640 g/mol. The van der Waals surface area contributed by atoms with Crippen molar-refractivity contribution in [2.45, 2.75) is 84.3 Å². The quantitative estimate of drug-likeness (QED) is 0.306. The molecule has 0 fully saturated rings. The summed E-state index contributed by atoms with van der Waals surface area (Å²) in [5, 5.41) is 13.5. The molecule has 0 unspecified atom stereocenters. The summed E-state index contributed by atoms with van der Waals surface area (Å²) < 4.78 is 12.3. The minimum atomic E-state index is -0.781. The number of hydrogen-bond acceptors (Lipinski definition) is 9. The summed E-state index contributed by atoms with van der Waals surface area (Å²) in [6.45, 7) is 6.69. The maximum absolute atomic E-state index is 13.7. The molecule has 50 heavy (non-hydrogen) atoms. The second kappa shape index (κ2) is 18.7. The molecule has 1 aliphatic rings. The van der Waals surface area contributed by atoms with Crippen LogP contribution in [0.15, 0.2) is 42.7 Å². The van der Waals surface area contributed by atoms with E-state index in [0.29, 0.717) is 81.3 Å². The van der Waals surface area contributed by atoms with Gasteiger partial charge in [0.1, 0.15) is 18.4 Å². The summed E-state index contributed by atoms with van der Waals surface area (Å²) in [5.41, 5.74) is 1.84. The molecule has 14 nitrogen and oxygen atoms in total. The average Bonchev–Trinajstić information content (AvgIpc) is 3.51. The van der Waals surface area contributed by atoms with E-state index in [1.165, 1.54) is 4.68 Å². The Bertz CT molecular complexity index is 1600. The number of rotatable bonds is 9. The number of nitrogens with zero attached hydrogens (tertiary/aromatic N) is 5. The van der Waals surface area contributed by atoms with Crippen LogP contribution >= 0.6 is 0 Å². The lowest BCUT2D eigenvalue weighted by Gasteiger charge is -2.26. The lowest BCUT2D eigenvalue weighted by molar-refractivity contribution is -0.132. The van der Waals surface area contributed by atoms with Gasteiger partial charge in [0.25, 0.3) is 0 Å². The van der Waals surface area contributed by atoms with E-state index < -0.39 is 12.1 Å². The van der Waals surface area contributed by atoms with Crippen LogP contribution in [-0.2, 0) is 38.6 Å². The second-order valence-corrected chi connectivity index (χ2v) is 12.6. The first-order chi connectivity index (χ1) is 24.1. The third kappa shape index (κ3) is 10.7. The van der Waals surface area contributed by atoms with E-state index in [1.54, 1.807) is 44.5 Å². The molecule has 0 saturated heterocycles. The van der Waals surface area contributed by atoms with Crippen molar-refractivity contribution in [2.24, 2.45) is 5.92 Å². The van der Waals surface area contributed by atoms with Crippen LogP contribution in [0.2, 0.25) is 0 Å². The topological polar surface area (TPSA) is 170 Å². The number of carbonyl (C=O) groups is 4. The number of aryl methyl sites for hydroxylation is 1. The van der Waals surface area contributed by atoms with Crippen molar-refractivity contribution in [3.63, 3.8) is 0 Å². The Morgan fingerprint density at radius 1 is 1.02 bits per heavy atom. The van der Waals surface area contributed by atoms with E-state index in [0.717, 1.165) is 11.1 Å². The predicted molar refractivity (Wildman–Crippen MR) is 186 cm³/mol. The van der Waals surface area contributed by atoms with Gasteiger partial charge in [-0.2, -0.15) is 5.10 Å². The number of fused-ring (bicyclic) bond motifs is 1. The normalized spacial score (nSPS) is 18.8. The van der Waals surface area contributed by atoms with Gasteiger partial charge in [-0.15, -0.1) is 0 Å². The van der Waals surface area contributed by atoms with Gasteiger partial charge in [-0.25, -0.2) is 9.67 Å². The van der Waals surface area contributed by atoms with Crippen LogP contribution in [0.4, 0.5) is 0 Å². The molecule has 2 aromatic heterocycles. The number of pyridine rings is 1. The summed E-state index contributed by atoms with van der Waals surface area (Å²) in [4.78, 5) is 63.8. The van der Waals surface area contributed by atoms with Crippen molar-refractivity contribution in [3.05, 3.63) is 65.5 Å². The van der Waals surface area contributed by atoms with E-state index in [4.69, 9.17) is 14.5 Å². The van der Waals surface area contributed by atoms with Crippen LogP contribution in [-0.4, -0.2) is 88.2 Å². The first-order valence-electron chi connectivity index (χ1n) is 17.3. The first kappa shape index (κ1) is 37.8. The van der Waals surface area contributed by atoms with E-state index in [1.807, 2.05) is 38.1 Å². The molecule has 3 aromatic rings. The van der Waals surface area contributed by atoms with Gasteiger partial charge in [0.2, 0.25) is 23.6 Å². The van der Waals surface area contributed by atoms with Crippen molar-refractivity contribution in [3.8, 4) is 11.5 Å². The van der Waals surface area contributed by atoms with Gasteiger partial charge >= 0.3 is 0 Å². The van der Waals surface area contributed by atoms with Crippen LogP contribution in [0.5, 0.6) is 11.5 Å². The highest BCUT2D eigenvalue weighted by Gasteiger charge is 2.29. The van der Waals surface area contributed by atoms with Crippen LogP contribution in [0.3, 0.4) is 0 Å². The SMILES string of the molecule is CC[C@H](C)[C@@H]1NC(=O)CCCN(C(=O)CCc2cccnc2)CCCNC(=O)Cn2nc(Cc3ccc(OC)c(OC)c3)nc2[C@@H](C)NC1=O. The Morgan fingerprint density at radius 2 is 1.80 bits per heavy atom. The Labute approximate surface area is 293 Å². The van der Waals surface area contributed by atoms with E-state index in [9.17, 15) is 19.2 Å². The van der Waals surface area contributed by atoms with Gasteiger partial charge in [0.05, 0.1) is 20.3 Å². The van der Waals surface area contributed by atoms with Crippen LogP contribution in [0, 0.1) is 5.92 Å². The number of nitrogens with one attached hydrogen (secondary N) is 3. The van der Waals surface area contributed by atoms with Crippen LogP contribution < -0.4 is 25.4 Å². The van der Waals surface area contributed by atoms with Crippen molar-refractivity contribution >= 4 is 23.6 Å². The fourth-order valence-corrected chi connectivity index (χ4v) is 5.84. The zero-order valence-electron chi connectivity index (χ0n) is 29.7. The zero-order chi connectivity index (χ0) is 36.0. The van der Waals surface area contributed by atoms with E-state index in [2.05, 4.69) is 26.0 Å². The van der Waals surface area contributed by atoms with Gasteiger partial charge in [-0.1, -0.05) is 32.4 Å². The lowest BCUT2D eigenvalue weighted by atomic mass is 9.97. The fourth-order valence-electron chi connectivity index (χ4n) is 5.84. The van der Waals surface area contributed by atoms with E-state index >= 15 is 0 Å². The first-order valence-corrected chi connectivity index (χ1v) is 17.3. The monoisotopic (exact) mass is 690 g/mol. The molecule has 1 aliphatic heterocycles. The summed E-state index contributed by atoms with van der Waals surface area (Å²) in [7, 11) is 3.13. The molecule has 0 radical (unpaired) electrons. The maximum Gasteiger partial charge on any atom is 0.243 e. The summed E-state index contributed by atoms with van der Waals surface area (Å²) in [6, 6.07) is 7.91. The largest absolute Gasteiger partial charge is 0.493 e. The molecule has 0 saturated carbocycles. The average molecular weight is 691 g/mol. The van der Waals surface area contributed by atoms with Crippen LogP contribution in [0.1, 0.15) is 81.7 Å². The van der Waals surface area contributed by atoms with Crippen molar-refractivity contribution in [2.75, 3.05) is 33.9 Å². The number of hydrogen-bond donors (Lipinski definition) is 3. The number of ether oxygens (including phenoxy) is 2. The number of amides is 4. The molecule has 0 spiro atoms. The Balaban J connectivity index is 1.55. The molecular formula is C36H50N8O6. The summed E-state index contributed by atoms with van der Waals surface area (Å²) >= 11 is 0. The number of carbonyl (C=O) groups excluding carboxylic acids is 4. The van der Waals surface area contributed by atoms with Crippen molar-refractivity contribution < 1.29 is 28.7 Å². The smallest absolute Gasteiger partial charge is 0.243 e. The Morgan fingerprint density at radius 3 is 2.52 bits per heavy atom. The minimum Gasteiger partial charge on any atom is -0.493 e. The Hall–Kier alpha value is -5.01. The molecule has 270 valence electrons. The molecule has 0 aliphatic carbocycles. The molecule has 4 amide bonds. The highest BCUT2D eigenvalue weighted by atomic mass is 16.5. The molecule has 3 atom stereocenters. The second-order valence-electron chi connectivity index (χ2n) is 12.6. The summed E-state index contributed by atoms with van der Waals surface area (Å²) in [6.07, 6.45) is 6.44. The van der Waals surface area contributed by atoms with Gasteiger partial charge in [-0.05, 0) is 61.4 Å². The molecule has 4 rings (SSSR count).